The molecule has 2 atom stereocenters. The van der Waals surface area contributed by atoms with Crippen molar-refractivity contribution in [2.75, 3.05) is 19.6 Å². The van der Waals surface area contributed by atoms with Crippen molar-refractivity contribution in [3.05, 3.63) is 65.7 Å². The molecule has 1 aliphatic rings. The van der Waals surface area contributed by atoms with E-state index in [0.29, 0.717) is 6.42 Å². The number of para-hydroxylation sites is 1. The fourth-order valence-corrected chi connectivity index (χ4v) is 3.56. The minimum Gasteiger partial charge on any atom is -0.508 e. The van der Waals surface area contributed by atoms with Crippen LogP contribution in [0.15, 0.2) is 54.6 Å². The standard InChI is InChI=1S/C22H28N2O2/c1-17(15-19-11-5-6-12-21(19)25)22(26)23-20(16-24-13-7-8-14-24)18-9-3-2-4-10-18/h2-6,9-12,17,20,25H,7-8,13-16H2,1H3,(H,23,26)/t17?,20-/m1/s1. The molecular weight excluding hydrogens is 324 g/mol. The van der Waals surface area contributed by atoms with Crippen LogP contribution in [-0.2, 0) is 11.2 Å². The van der Waals surface area contributed by atoms with Crippen molar-refractivity contribution >= 4 is 5.91 Å². The summed E-state index contributed by atoms with van der Waals surface area (Å²) in [5, 5.41) is 13.2. The molecule has 0 aliphatic carbocycles. The Kier molecular flexibility index (Phi) is 6.29. The molecule has 0 bridgehead atoms. The van der Waals surface area contributed by atoms with Gasteiger partial charge in [0.2, 0.25) is 5.91 Å². The summed E-state index contributed by atoms with van der Waals surface area (Å²) in [6.45, 7) is 4.97. The smallest absolute Gasteiger partial charge is 0.223 e. The van der Waals surface area contributed by atoms with E-state index in [-0.39, 0.29) is 23.6 Å². The van der Waals surface area contributed by atoms with Crippen LogP contribution in [-0.4, -0.2) is 35.5 Å². The van der Waals surface area contributed by atoms with Crippen molar-refractivity contribution in [1.29, 1.82) is 0 Å². The summed E-state index contributed by atoms with van der Waals surface area (Å²) < 4.78 is 0. The third kappa shape index (κ3) is 4.85. The predicted molar refractivity (Wildman–Crippen MR) is 104 cm³/mol. The van der Waals surface area contributed by atoms with Crippen LogP contribution in [0.5, 0.6) is 5.75 Å². The summed E-state index contributed by atoms with van der Waals surface area (Å²) >= 11 is 0. The van der Waals surface area contributed by atoms with Crippen LogP contribution in [0, 0.1) is 5.92 Å². The Morgan fingerprint density at radius 2 is 1.73 bits per heavy atom. The monoisotopic (exact) mass is 352 g/mol. The van der Waals surface area contributed by atoms with Gasteiger partial charge in [0.25, 0.3) is 0 Å². The molecule has 26 heavy (non-hydrogen) atoms. The van der Waals surface area contributed by atoms with E-state index >= 15 is 0 Å². The molecule has 4 nitrogen and oxygen atoms in total. The summed E-state index contributed by atoms with van der Waals surface area (Å²) in [7, 11) is 0. The molecule has 2 aromatic rings. The minimum atomic E-state index is -0.201. The average molecular weight is 352 g/mol. The van der Waals surface area contributed by atoms with E-state index in [2.05, 4.69) is 22.3 Å². The highest BCUT2D eigenvalue weighted by molar-refractivity contribution is 5.79. The first-order valence-corrected chi connectivity index (χ1v) is 9.48. The lowest BCUT2D eigenvalue weighted by Gasteiger charge is -2.26. The van der Waals surface area contributed by atoms with Gasteiger partial charge in [-0.1, -0.05) is 55.5 Å². The van der Waals surface area contributed by atoms with Crippen molar-refractivity contribution in [3.8, 4) is 5.75 Å². The molecule has 2 aromatic carbocycles. The number of phenols is 1. The van der Waals surface area contributed by atoms with Crippen molar-refractivity contribution in [1.82, 2.24) is 10.2 Å². The SMILES string of the molecule is CC(Cc1ccccc1O)C(=O)N[C@H](CN1CCCC1)c1ccccc1. The maximum atomic E-state index is 12.8. The van der Waals surface area contributed by atoms with Crippen molar-refractivity contribution in [2.24, 2.45) is 5.92 Å². The lowest BCUT2D eigenvalue weighted by atomic mass is 9.98. The van der Waals surface area contributed by atoms with Gasteiger partial charge in [0.05, 0.1) is 6.04 Å². The van der Waals surface area contributed by atoms with E-state index in [0.717, 1.165) is 30.8 Å². The first-order chi connectivity index (χ1) is 12.6. The Morgan fingerprint density at radius 3 is 2.42 bits per heavy atom. The number of aromatic hydroxyl groups is 1. The van der Waals surface area contributed by atoms with Crippen LogP contribution < -0.4 is 5.32 Å². The second-order valence-corrected chi connectivity index (χ2v) is 7.21. The van der Waals surface area contributed by atoms with Gasteiger partial charge < -0.3 is 15.3 Å². The Labute approximate surface area is 155 Å². The molecule has 1 amide bonds. The van der Waals surface area contributed by atoms with Gasteiger partial charge in [-0.15, -0.1) is 0 Å². The number of benzene rings is 2. The lowest BCUT2D eigenvalue weighted by Crippen LogP contribution is -2.39. The minimum absolute atomic E-state index is 0.00591. The van der Waals surface area contributed by atoms with Crippen LogP contribution >= 0.6 is 0 Å². The molecule has 1 fully saturated rings. The van der Waals surface area contributed by atoms with Crippen LogP contribution in [0.1, 0.15) is 36.9 Å². The van der Waals surface area contributed by atoms with Crippen LogP contribution in [0.3, 0.4) is 0 Å². The number of nitrogens with zero attached hydrogens (tertiary/aromatic N) is 1. The number of likely N-dealkylation sites (tertiary alicyclic amines) is 1. The summed E-state index contributed by atoms with van der Waals surface area (Å²) in [5.41, 5.74) is 1.95. The summed E-state index contributed by atoms with van der Waals surface area (Å²) in [6, 6.07) is 17.4. The number of amides is 1. The zero-order chi connectivity index (χ0) is 18.4. The van der Waals surface area contributed by atoms with E-state index < -0.39 is 0 Å². The molecule has 4 heteroatoms. The summed E-state index contributed by atoms with van der Waals surface area (Å²) in [5.74, 6) is 0.0817. The van der Waals surface area contributed by atoms with Crippen molar-refractivity contribution in [2.45, 2.75) is 32.2 Å². The Balaban J connectivity index is 1.66. The second-order valence-electron chi connectivity index (χ2n) is 7.21. The number of phenolic OH excluding ortho intramolecular Hbond substituents is 1. The topological polar surface area (TPSA) is 52.6 Å². The molecule has 0 saturated carbocycles. The molecule has 2 N–H and O–H groups in total. The van der Waals surface area contributed by atoms with Gasteiger partial charge in [-0.3, -0.25) is 4.79 Å². The highest BCUT2D eigenvalue weighted by atomic mass is 16.3. The third-order valence-corrected chi connectivity index (χ3v) is 5.12. The predicted octanol–water partition coefficient (Wildman–Crippen LogP) is 3.52. The van der Waals surface area contributed by atoms with Gasteiger partial charge in [0, 0.05) is 12.5 Å². The highest BCUT2D eigenvalue weighted by Gasteiger charge is 2.23. The van der Waals surface area contributed by atoms with E-state index in [1.54, 1.807) is 12.1 Å². The van der Waals surface area contributed by atoms with Crippen LogP contribution in [0.25, 0.3) is 0 Å². The largest absolute Gasteiger partial charge is 0.508 e. The normalized spacial score (nSPS) is 17.0. The molecule has 0 radical (unpaired) electrons. The maximum Gasteiger partial charge on any atom is 0.223 e. The van der Waals surface area contributed by atoms with Gasteiger partial charge in [-0.05, 0) is 49.5 Å². The number of carbonyl (C=O) groups excluding carboxylic acids is 1. The van der Waals surface area contributed by atoms with Gasteiger partial charge in [0.1, 0.15) is 5.75 Å². The van der Waals surface area contributed by atoms with Crippen LogP contribution in [0.4, 0.5) is 0 Å². The van der Waals surface area contributed by atoms with E-state index in [9.17, 15) is 9.90 Å². The van der Waals surface area contributed by atoms with Crippen LogP contribution in [0.2, 0.25) is 0 Å². The highest BCUT2D eigenvalue weighted by Crippen LogP contribution is 2.22. The molecule has 138 valence electrons. The van der Waals surface area contributed by atoms with Gasteiger partial charge >= 0.3 is 0 Å². The van der Waals surface area contributed by atoms with Crippen molar-refractivity contribution < 1.29 is 9.90 Å². The first-order valence-electron chi connectivity index (χ1n) is 9.48. The summed E-state index contributed by atoms with van der Waals surface area (Å²) in [4.78, 5) is 15.2. The molecule has 1 unspecified atom stereocenters. The average Bonchev–Trinajstić information content (AvgIpc) is 3.17. The lowest BCUT2D eigenvalue weighted by molar-refractivity contribution is -0.125. The number of carbonyl (C=O) groups is 1. The molecular formula is C22H28N2O2. The number of hydrogen-bond donors (Lipinski definition) is 2. The number of nitrogens with one attached hydrogen (secondary N) is 1. The van der Waals surface area contributed by atoms with E-state index in [1.807, 2.05) is 37.3 Å². The van der Waals surface area contributed by atoms with Gasteiger partial charge in [-0.2, -0.15) is 0 Å². The Morgan fingerprint density at radius 1 is 1.08 bits per heavy atom. The zero-order valence-electron chi connectivity index (χ0n) is 15.4. The number of hydrogen-bond acceptors (Lipinski definition) is 3. The van der Waals surface area contributed by atoms with E-state index in [4.69, 9.17) is 0 Å². The van der Waals surface area contributed by atoms with Crippen molar-refractivity contribution in [3.63, 3.8) is 0 Å². The molecule has 0 aromatic heterocycles. The molecule has 1 aliphatic heterocycles. The van der Waals surface area contributed by atoms with Gasteiger partial charge in [-0.25, -0.2) is 0 Å². The maximum absolute atomic E-state index is 12.8. The summed E-state index contributed by atoms with van der Waals surface area (Å²) in [6.07, 6.45) is 3.00. The molecule has 0 spiro atoms. The Hall–Kier alpha value is -2.33. The van der Waals surface area contributed by atoms with Gasteiger partial charge in [0.15, 0.2) is 0 Å². The molecule has 3 rings (SSSR count). The third-order valence-electron chi connectivity index (χ3n) is 5.12. The number of rotatable bonds is 7. The van der Waals surface area contributed by atoms with E-state index in [1.165, 1.54) is 12.8 Å². The quantitative estimate of drug-likeness (QED) is 0.802. The Bertz CT molecular complexity index is 711. The second kappa shape index (κ2) is 8.86. The molecule has 1 heterocycles. The fraction of sp³-hybridized carbons (Fsp3) is 0.409. The fourth-order valence-electron chi connectivity index (χ4n) is 3.56. The first kappa shape index (κ1) is 18.5. The molecule has 1 saturated heterocycles. The zero-order valence-corrected chi connectivity index (χ0v) is 15.4.